The summed E-state index contributed by atoms with van der Waals surface area (Å²) < 4.78 is 0. The van der Waals surface area contributed by atoms with Crippen LogP contribution in [0.2, 0.25) is 0 Å². The summed E-state index contributed by atoms with van der Waals surface area (Å²) in [4.78, 5) is 2.59. The Morgan fingerprint density at radius 1 is 1.31 bits per heavy atom. The van der Waals surface area contributed by atoms with Gasteiger partial charge in [0.15, 0.2) is 0 Å². The molecule has 1 aliphatic heterocycles. The first kappa shape index (κ1) is 12.3. The van der Waals surface area contributed by atoms with Crippen LogP contribution in [0.4, 0.5) is 0 Å². The van der Waals surface area contributed by atoms with Crippen LogP contribution in [0.25, 0.3) is 0 Å². The Bertz CT molecular complexity index is 230. The fourth-order valence-corrected chi connectivity index (χ4v) is 3.27. The number of nitrogens with two attached hydrogens (primary N) is 1. The van der Waals surface area contributed by atoms with Crippen LogP contribution < -0.4 is 5.73 Å². The van der Waals surface area contributed by atoms with Gasteiger partial charge in [0.25, 0.3) is 0 Å². The van der Waals surface area contributed by atoms with Gasteiger partial charge in [0.1, 0.15) is 0 Å². The summed E-state index contributed by atoms with van der Waals surface area (Å²) in [6, 6.07) is 0.808. The van der Waals surface area contributed by atoms with Crippen LogP contribution in [0.1, 0.15) is 45.4 Å². The Labute approximate surface area is 99.0 Å². The minimum absolute atomic E-state index is 0.370. The third-order valence-corrected chi connectivity index (χ3v) is 4.50. The van der Waals surface area contributed by atoms with E-state index in [0.29, 0.717) is 6.54 Å². The molecule has 2 fully saturated rings. The number of hydrogen-bond acceptors (Lipinski definition) is 3. The zero-order chi connectivity index (χ0) is 11.6. The molecule has 1 aliphatic carbocycles. The molecule has 1 saturated carbocycles. The fraction of sp³-hybridized carbons (Fsp3) is 1.00. The smallest absolute Gasteiger partial charge is 0.0753 e. The molecule has 2 aliphatic rings. The lowest BCUT2D eigenvalue weighted by Gasteiger charge is -2.33. The van der Waals surface area contributed by atoms with Crippen molar-refractivity contribution in [1.29, 1.82) is 0 Å². The van der Waals surface area contributed by atoms with E-state index in [1.54, 1.807) is 0 Å². The van der Waals surface area contributed by atoms with E-state index in [1.807, 2.05) is 6.92 Å². The molecule has 3 nitrogen and oxygen atoms in total. The molecule has 94 valence electrons. The Hall–Kier alpha value is -0.120. The number of fused-ring (bicyclic) bond motifs is 1. The third kappa shape index (κ3) is 2.76. The van der Waals surface area contributed by atoms with Crippen molar-refractivity contribution in [3.63, 3.8) is 0 Å². The maximum atomic E-state index is 9.93. The Morgan fingerprint density at radius 2 is 2.06 bits per heavy atom. The van der Waals surface area contributed by atoms with E-state index in [-0.39, 0.29) is 0 Å². The lowest BCUT2D eigenvalue weighted by atomic mass is 9.85. The second-order valence-corrected chi connectivity index (χ2v) is 5.89. The van der Waals surface area contributed by atoms with Gasteiger partial charge < -0.3 is 10.8 Å². The maximum Gasteiger partial charge on any atom is 0.0753 e. The van der Waals surface area contributed by atoms with Gasteiger partial charge in [0.2, 0.25) is 0 Å². The number of rotatable bonds is 4. The molecule has 3 atom stereocenters. The zero-order valence-electron chi connectivity index (χ0n) is 10.5. The first-order valence-electron chi connectivity index (χ1n) is 6.79. The van der Waals surface area contributed by atoms with Gasteiger partial charge in [-0.15, -0.1) is 0 Å². The lowest BCUT2D eigenvalue weighted by Crippen LogP contribution is -2.41. The van der Waals surface area contributed by atoms with Crippen molar-refractivity contribution < 1.29 is 5.11 Å². The molecule has 0 amide bonds. The third-order valence-electron chi connectivity index (χ3n) is 4.50. The first-order chi connectivity index (χ1) is 7.62. The molecule has 0 radical (unpaired) electrons. The predicted octanol–water partition coefficient (Wildman–Crippen LogP) is 1.35. The van der Waals surface area contributed by atoms with E-state index in [4.69, 9.17) is 5.73 Å². The van der Waals surface area contributed by atoms with Crippen molar-refractivity contribution in [1.82, 2.24) is 4.90 Å². The quantitative estimate of drug-likeness (QED) is 0.761. The van der Waals surface area contributed by atoms with Crippen LogP contribution in [0.3, 0.4) is 0 Å². The average Bonchev–Trinajstić information content (AvgIpc) is 2.70. The van der Waals surface area contributed by atoms with Crippen LogP contribution >= 0.6 is 0 Å². The second kappa shape index (κ2) is 5.03. The predicted molar refractivity (Wildman–Crippen MR) is 66.2 cm³/mol. The van der Waals surface area contributed by atoms with Crippen LogP contribution in [-0.2, 0) is 0 Å². The van der Waals surface area contributed by atoms with Crippen molar-refractivity contribution in [2.45, 2.75) is 57.1 Å². The van der Waals surface area contributed by atoms with Crippen LogP contribution in [-0.4, -0.2) is 41.3 Å². The maximum absolute atomic E-state index is 9.93. The topological polar surface area (TPSA) is 49.5 Å². The summed E-state index contributed by atoms with van der Waals surface area (Å²) in [5.41, 5.74) is 4.88. The van der Waals surface area contributed by atoms with E-state index in [2.05, 4.69) is 4.90 Å². The molecule has 0 aromatic carbocycles. The average molecular weight is 226 g/mol. The highest BCUT2D eigenvalue weighted by atomic mass is 16.3. The summed E-state index contributed by atoms with van der Waals surface area (Å²) in [6.45, 7) is 4.47. The highest BCUT2D eigenvalue weighted by Gasteiger charge is 2.35. The Morgan fingerprint density at radius 3 is 2.81 bits per heavy atom. The van der Waals surface area contributed by atoms with Crippen molar-refractivity contribution in [3.8, 4) is 0 Å². The normalized spacial score (nSPS) is 34.7. The van der Waals surface area contributed by atoms with Gasteiger partial charge in [-0.2, -0.15) is 0 Å². The molecule has 0 bridgehead atoms. The van der Waals surface area contributed by atoms with E-state index >= 15 is 0 Å². The summed E-state index contributed by atoms with van der Waals surface area (Å²) >= 11 is 0. The van der Waals surface area contributed by atoms with Crippen molar-refractivity contribution in [3.05, 3.63) is 0 Å². The van der Waals surface area contributed by atoms with Gasteiger partial charge >= 0.3 is 0 Å². The molecule has 0 aromatic heterocycles. The molecule has 3 unspecified atom stereocenters. The molecule has 1 saturated heterocycles. The van der Waals surface area contributed by atoms with Gasteiger partial charge in [0.05, 0.1) is 5.60 Å². The van der Waals surface area contributed by atoms with Crippen LogP contribution in [0.5, 0.6) is 0 Å². The summed E-state index contributed by atoms with van der Waals surface area (Å²) in [6.07, 6.45) is 7.80. The van der Waals surface area contributed by atoms with Gasteiger partial charge in [-0.1, -0.05) is 12.8 Å². The number of hydrogen-bond donors (Lipinski definition) is 2. The van der Waals surface area contributed by atoms with Gasteiger partial charge in [-0.3, -0.25) is 4.90 Å². The van der Waals surface area contributed by atoms with E-state index in [9.17, 15) is 5.11 Å². The summed E-state index contributed by atoms with van der Waals surface area (Å²) in [5.74, 6) is 0.941. The SMILES string of the molecule is CC(O)(CN)CCN1CCC2CCCCC21. The second-order valence-electron chi connectivity index (χ2n) is 5.89. The Balaban J connectivity index is 1.82. The number of aliphatic hydroxyl groups is 1. The molecular weight excluding hydrogens is 200 g/mol. The van der Waals surface area contributed by atoms with E-state index in [1.165, 1.54) is 38.6 Å². The fourth-order valence-electron chi connectivity index (χ4n) is 3.27. The molecule has 2 rings (SSSR count). The Kier molecular flexibility index (Phi) is 3.88. The molecular formula is C13H26N2O. The molecule has 1 heterocycles. The highest BCUT2D eigenvalue weighted by Crippen LogP contribution is 2.36. The van der Waals surface area contributed by atoms with Crippen molar-refractivity contribution in [2.75, 3.05) is 19.6 Å². The largest absolute Gasteiger partial charge is 0.389 e. The zero-order valence-corrected chi connectivity index (χ0v) is 10.5. The molecule has 3 N–H and O–H groups in total. The first-order valence-corrected chi connectivity index (χ1v) is 6.79. The van der Waals surface area contributed by atoms with Crippen LogP contribution in [0.15, 0.2) is 0 Å². The van der Waals surface area contributed by atoms with E-state index in [0.717, 1.165) is 24.9 Å². The van der Waals surface area contributed by atoms with E-state index < -0.39 is 5.60 Å². The monoisotopic (exact) mass is 226 g/mol. The van der Waals surface area contributed by atoms with Gasteiger partial charge in [-0.05, 0) is 45.1 Å². The highest BCUT2D eigenvalue weighted by molar-refractivity contribution is 4.90. The van der Waals surface area contributed by atoms with Crippen molar-refractivity contribution >= 4 is 0 Å². The molecule has 16 heavy (non-hydrogen) atoms. The standard InChI is InChI=1S/C13H26N2O/c1-13(16,10-14)7-9-15-8-6-11-4-2-3-5-12(11)15/h11-12,16H,2-10,14H2,1H3. The molecule has 3 heteroatoms. The minimum Gasteiger partial charge on any atom is -0.389 e. The van der Waals surface area contributed by atoms with Gasteiger partial charge in [0, 0.05) is 19.1 Å². The number of nitrogens with zero attached hydrogens (tertiary/aromatic N) is 1. The lowest BCUT2D eigenvalue weighted by molar-refractivity contribution is 0.0427. The van der Waals surface area contributed by atoms with Crippen LogP contribution in [0, 0.1) is 5.92 Å². The summed E-state index contributed by atoms with van der Waals surface area (Å²) in [7, 11) is 0. The van der Waals surface area contributed by atoms with Crippen molar-refractivity contribution in [2.24, 2.45) is 11.7 Å². The van der Waals surface area contributed by atoms with Gasteiger partial charge in [-0.25, -0.2) is 0 Å². The molecule has 0 aromatic rings. The molecule has 0 spiro atoms. The number of likely N-dealkylation sites (tertiary alicyclic amines) is 1. The minimum atomic E-state index is -0.674. The summed E-state index contributed by atoms with van der Waals surface area (Å²) in [5, 5.41) is 9.93.